The van der Waals surface area contributed by atoms with Crippen LogP contribution in [0.15, 0.2) is 42.0 Å². The van der Waals surface area contributed by atoms with Crippen LogP contribution in [0.1, 0.15) is 89.7 Å². The average Bonchev–Trinajstić information content (AvgIpc) is 3.22. The molecule has 1 amide bonds. The van der Waals surface area contributed by atoms with E-state index in [-0.39, 0.29) is 35.6 Å². The Bertz CT molecular complexity index is 1140. The van der Waals surface area contributed by atoms with Crippen molar-refractivity contribution < 1.29 is 29.0 Å². The fourth-order valence-corrected chi connectivity index (χ4v) is 8.30. The molecule has 7 nitrogen and oxygen atoms in total. The molecule has 0 aromatic heterocycles. The monoisotopic (exact) mass is 521 g/mol. The number of fused-ring (bicyclic) bond motifs is 5. The summed E-state index contributed by atoms with van der Waals surface area (Å²) in [5.41, 5.74) is 1.89. The van der Waals surface area contributed by atoms with Gasteiger partial charge in [0.25, 0.3) is 0 Å². The first kappa shape index (κ1) is 26.6. The van der Waals surface area contributed by atoms with E-state index in [1.165, 1.54) is 5.57 Å². The van der Waals surface area contributed by atoms with Crippen LogP contribution in [0, 0.1) is 28.6 Å². The number of carbonyl (C=O) groups excluding carboxylic acids is 3. The van der Waals surface area contributed by atoms with Gasteiger partial charge in [-0.15, -0.1) is 0 Å². The zero-order chi connectivity index (χ0) is 27.1. The minimum absolute atomic E-state index is 0.0666. The molecular weight excluding hydrogens is 482 g/mol. The van der Waals surface area contributed by atoms with Gasteiger partial charge in [0.05, 0.1) is 6.42 Å². The molecule has 7 heteroatoms. The molecule has 0 radical (unpaired) electrons. The van der Waals surface area contributed by atoms with Crippen molar-refractivity contribution >= 4 is 23.6 Å². The molecule has 4 aliphatic carbocycles. The summed E-state index contributed by atoms with van der Waals surface area (Å²) in [6.07, 6.45) is 9.28. The maximum Gasteiger partial charge on any atom is 0.330 e. The smallest absolute Gasteiger partial charge is 0.330 e. The third-order valence-corrected chi connectivity index (χ3v) is 10.4. The number of ether oxygens (including phenoxy) is 1. The standard InChI is InChI=1S/C31H39NO6/c1-30-16-14-21(33)18-20(30)8-9-22-23-10-11-25(31(23,2)17-15-24(22)30)38-27(35)13-12-26(34)32-28(29(36)37)19-6-4-3-5-7-19/h3-7,18,22-25,28H,8-17H2,1-2H3,(H,32,34)(H,36,37). The maximum absolute atomic E-state index is 12.8. The van der Waals surface area contributed by atoms with Crippen LogP contribution in [0.25, 0.3) is 0 Å². The largest absolute Gasteiger partial charge is 0.479 e. The van der Waals surface area contributed by atoms with Gasteiger partial charge in [0, 0.05) is 18.3 Å². The van der Waals surface area contributed by atoms with Crippen LogP contribution >= 0.6 is 0 Å². The van der Waals surface area contributed by atoms with Gasteiger partial charge in [-0.1, -0.05) is 49.8 Å². The summed E-state index contributed by atoms with van der Waals surface area (Å²) < 4.78 is 6.01. The molecule has 1 aromatic carbocycles. The van der Waals surface area contributed by atoms with Gasteiger partial charge in [-0.25, -0.2) is 4.79 Å². The lowest BCUT2D eigenvalue weighted by Gasteiger charge is -2.57. The molecule has 5 rings (SSSR count). The first-order valence-corrected chi connectivity index (χ1v) is 14.1. The second-order valence-corrected chi connectivity index (χ2v) is 12.3. The predicted octanol–water partition coefficient (Wildman–Crippen LogP) is 5.15. The highest BCUT2D eigenvalue weighted by Gasteiger charge is 2.59. The number of carboxylic acids is 1. The summed E-state index contributed by atoms with van der Waals surface area (Å²) >= 11 is 0. The van der Waals surface area contributed by atoms with Gasteiger partial charge in [0.1, 0.15) is 6.10 Å². The van der Waals surface area contributed by atoms with Crippen LogP contribution in [-0.4, -0.2) is 34.8 Å². The highest BCUT2D eigenvalue weighted by molar-refractivity contribution is 5.91. The van der Waals surface area contributed by atoms with Gasteiger partial charge in [0.2, 0.25) is 5.91 Å². The topological polar surface area (TPSA) is 110 Å². The lowest BCUT2D eigenvalue weighted by molar-refractivity contribution is -0.160. The van der Waals surface area contributed by atoms with E-state index >= 15 is 0 Å². The summed E-state index contributed by atoms with van der Waals surface area (Å²) in [5, 5.41) is 12.1. The molecule has 4 aliphatic rings. The van der Waals surface area contributed by atoms with Crippen molar-refractivity contribution in [1.29, 1.82) is 0 Å². The Morgan fingerprint density at radius 3 is 2.50 bits per heavy atom. The van der Waals surface area contributed by atoms with Crippen molar-refractivity contribution in [3.63, 3.8) is 0 Å². The van der Waals surface area contributed by atoms with Crippen LogP contribution in [0.5, 0.6) is 0 Å². The van der Waals surface area contributed by atoms with E-state index in [1.54, 1.807) is 30.3 Å². The normalized spacial score (nSPS) is 34.7. The molecule has 3 saturated carbocycles. The number of aliphatic carboxylic acids is 1. The first-order chi connectivity index (χ1) is 18.1. The fourth-order valence-electron chi connectivity index (χ4n) is 8.30. The number of benzene rings is 1. The van der Waals surface area contributed by atoms with Crippen molar-refractivity contribution in [1.82, 2.24) is 5.32 Å². The number of carboxylic acid groups (broad SMARTS) is 1. The van der Waals surface area contributed by atoms with Crippen molar-refractivity contribution in [3.8, 4) is 0 Å². The average molecular weight is 522 g/mol. The highest BCUT2D eigenvalue weighted by Crippen LogP contribution is 2.65. The number of esters is 1. The van der Waals surface area contributed by atoms with Crippen LogP contribution in [0.3, 0.4) is 0 Å². The zero-order valence-corrected chi connectivity index (χ0v) is 22.4. The summed E-state index contributed by atoms with van der Waals surface area (Å²) in [4.78, 5) is 49.0. The van der Waals surface area contributed by atoms with E-state index in [4.69, 9.17) is 4.74 Å². The molecule has 1 aromatic rings. The second kappa shape index (κ2) is 10.3. The quantitative estimate of drug-likeness (QED) is 0.480. The van der Waals surface area contributed by atoms with E-state index in [9.17, 15) is 24.3 Å². The van der Waals surface area contributed by atoms with E-state index < -0.39 is 23.9 Å². The Balaban J connectivity index is 1.17. The molecule has 0 heterocycles. The third-order valence-electron chi connectivity index (χ3n) is 10.4. The SMILES string of the molecule is CC12CCC(=O)C=C1CCC1C2CCC2(C)C(OC(=O)CCC(=O)NC(C(=O)O)c3ccccc3)CCC12. The highest BCUT2D eigenvalue weighted by atomic mass is 16.5. The van der Waals surface area contributed by atoms with Gasteiger partial charge in [-0.05, 0) is 79.8 Å². The Hall–Kier alpha value is -2.96. The molecular formula is C31H39NO6. The van der Waals surface area contributed by atoms with Crippen LogP contribution in [0.2, 0.25) is 0 Å². The van der Waals surface area contributed by atoms with Crippen LogP contribution in [-0.2, 0) is 23.9 Å². The fraction of sp³-hybridized carbons (Fsp3) is 0.613. The third kappa shape index (κ3) is 4.80. The van der Waals surface area contributed by atoms with Crippen LogP contribution < -0.4 is 5.32 Å². The summed E-state index contributed by atoms with van der Waals surface area (Å²) in [6.45, 7) is 4.65. The molecule has 7 unspecified atom stereocenters. The van der Waals surface area contributed by atoms with Gasteiger partial charge >= 0.3 is 11.9 Å². The van der Waals surface area contributed by atoms with Crippen LogP contribution in [0.4, 0.5) is 0 Å². The molecule has 0 spiro atoms. The number of hydrogen-bond acceptors (Lipinski definition) is 5. The molecule has 0 saturated heterocycles. The number of hydrogen-bond donors (Lipinski definition) is 2. The van der Waals surface area contributed by atoms with Gasteiger partial charge in [-0.2, -0.15) is 0 Å². The number of rotatable bonds is 7. The number of carbonyl (C=O) groups is 4. The number of allylic oxidation sites excluding steroid dienone is 1. The summed E-state index contributed by atoms with van der Waals surface area (Å²) in [5.74, 6) is -0.0844. The minimum atomic E-state index is -1.15. The maximum atomic E-state index is 12.8. The Kier molecular flexibility index (Phi) is 7.23. The Morgan fingerprint density at radius 2 is 1.76 bits per heavy atom. The summed E-state index contributed by atoms with van der Waals surface area (Å²) in [7, 11) is 0. The Morgan fingerprint density at radius 1 is 1.00 bits per heavy atom. The van der Waals surface area contributed by atoms with E-state index in [0.29, 0.717) is 29.7 Å². The van der Waals surface area contributed by atoms with E-state index in [0.717, 1.165) is 44.9 Å². The molecule has 204 valence electrons. The van der Waals surface area contributed by atoms with Crippen molar-refractivity contribution in [2.45, 2.75) is 90.2 Å². The number of nitrogens with one attached hydrogen (secondary N) is 1. The molecule has 3 fully saturated rings. The van der Waals surface area contributed by atoms with Gasteiger partial charge < -0.3 is 15.2 Å². The lowest BCUT2D eigenvalue weighted by Crippen LogP contribution is -2.51. The second-order valence-electron chi connectivity index (χ2n) is 12.3. The van der Waals surface area contributed by atoms with E-state index in [2.05, 4.69) is 19.2 Å². The molecule has 38 heavy (non-hydrogen) atoms. The number of amides is 1. The molecule has 2 N–H and O–H groups in total. The molecule has 7 atom stereocenters. The first-order valence-electron chi connectivity index (χ1n) is 14.1. The van der Waals surface area contributed by atoms with Crippen molar-refractivity contribution in [3.05, 3.63) is 47.5 Å². The summed E-state index contributed by atoms with van der Waals surface area (Å²) in [6, 6.07) is 7.36. The molecule has 0 bridgehead atoms. The van der Waals surface area contributed by atoms with Gasteiger partial charge in [-0.3, -0.25) is 14.4 Å². The Labute approximate surface area is 224 Å². The van der Waals surface area contributed by atoms with Crippen molar-refractivity contribution in [2.24, 2.45) is 28.6 Å². The predicted molar refractivity (Wildman–Crippen MR) is 141 cm³/mol. The lowest BCUT2D eigenvalue weighted by atomic mass is 9.47. The van der Waals surface area contributed by atoms with Gasteiger partial charge in [0.15, 0.2) is 11.8 Å². The van der Waals surface area contributed by atoms with E-state index in [1.807, 2.05) is 6.08 Å². The number of ketones is 1. The van der Waals surface area contributed by atoms with Crippen molar-refractivity contribution in [2.75, 3.05) is 0 Å². The zero-order valence-electron chi connectivity index (χ0n) is 22.4. The molecule has 0 aliphatic heterocycles. The minimum Gasteiger partial charge on any atom is -0.479 e.